The largest absolute Gasteiger partial charge is 0.280 e. The summed E-state index contributed by atoms with van der Waals surface area (Å²) < 4.78 is 0. The molecule has 0 spiro atoms. The van der Waals surface area contributed by atoms with Crippen LogP contribution >= 0.6 is 0 Å². The van der Waals surface area contributed by atoms with Crippen LogP contribution in [0.3, 0.4) is 0 Å². The van der Waals surface area contributed by atoms with Gasteiger partial charge < -0.3 is 0 Å². The van der Waals surface area contributed by atoms with Gasteiger partial charge in [-0.1, -0.05) is 18.2 Å². The summed E-state index contributed by atoms with van der Waals surface area (Å²) in [6.07, 6.45) is 0.607. The van der Waals surface area contributed by atoms with Gasteiger partial charge in [0.1, 0.15) is 6.04 Å². The number of hydrazine groups is 1. The van der Waals surface area contributed by atoms with E-state index in [1.54, 1.807) is 0 Å². The molecule has 0 bridgehead atoms. The lowest BCUT2D eigenvalue weighted by atomic mass is 10.1. The lowest BCUT2D eigenvalue weighted by molar-refractivity contribution is -0.485. The second-order valence-corrected chi connectivity index (χ2v) is 4.80. The number of hydrogen-bond acceptors (Lipinski definition) is 4. The SMILES string of the molecule is CC(=O)N1C(C[N+](=O)[O-])CC(C)N1c1ccccc1. The number of para-hydroxylation sites is 1. The fourth-order valence-electron chi connectivity index (χ4n) is 2.67. The smallest absolute Gasteiger partial charge is 0.238 e. The summed E-state index contributed by atoms with van der Waals surface area (Å²) in [5.41, 5.74) is 0.885. The third-order valence-electron chi connectivity index (χ3n) is 3.31. The molecule has 1 aliphatic rings. The van der Waals surface area contributed by atoms with Crippen LogP contribution in [0.25, 0.3) is 0 Å². The van der Waals surface area contributed by atoms with Gasteiger partial charge in [-0.05, 0) is 25.5 Å². The minimum atomic E-state index is -0.372. The first-order valence-corrected chi connectivity index (χ1v) is 6.26. The summed E-state index contributed by atoms with van der Waals surface area (Å²) in [4.78, 5) is 22.2. The van der Waals surface area contributed by atoms with Crippen molar-refractivity contribution in [3.8, 4) is 0 Å². The van der Waals surface area contributed by atoms with E-state index in [1.807, 2.05) is 42.3 Å². The van der Waals surface area contributed by atoms with E-state index in [0.717, 1.165) is 5.69 Å². The zero-order chi connectivity index (χ0) is 14.0. The summed E-state index contributed by atoms with van der Waals surface area (Å²) in [5, 5.41) is 14.1. The summed E-state index contributed by atoms with van der Waals surface area (Å²) in [6, 6.07) is 9.18. The van der Waals surface area contributed by atoms with Crippen molar-refractivity contribution in [1.82, 2.24) is 5.01 Å². The average Bonchev–Trinajstić information content (AvgIpc) is 2.66. The van der Waals surface area contributed by atoms with Gasteiger partial charge in [-0.25, -0.2) is 5.01 Å². The number of benzene rings is 1. The minimum Gasteiger partial charge on any atom is -0.280 e. The van der Waals surface area contributed by atoms with Gasteiger partial charge >= 0.3 is 0 Å². The Labute approximate surface area is 111 Å². The molecule has 1 saturated heterocycles. The molecule has 0 saturated carbocycles. The number of amides is 1. The Morgan fingerprint density at radius 1 is 1.42 bits per heavy atom. The maximum Gasteiger partial charge on any atom is 0.238 e. The van der Waals surface area contributed by atoms with Gasteiger partial charge in [0.2, 0.25) is 12.5 Å². The molecule has 2 unspecified atom stereocenters. The normalized spacial score (nSPS) is 22.6. The third kappa shape index (κ3) is 2.67. The first-order valence-electron chi connectivity index (χ1n) is 6.26. The quantitative estimate of drug-likeness (QED) is 0.615. The Balaban J connectivity index is 2.31. The Kier molecular flexibility index (Phi) is 3.69. The maximum atomic E-state index is 11.8. The van der Waals surface area contributed by atoms with E-state index in [4.69, 9.17) is 0 Å². The van der Waals surface area contributed by atoms with E-state index in [-0.39, 0.29) is 29.5 Å². The first kappa shape index (κ1) is 13.3. The van der Waals surface area contributed by atoms with Crippen molar-refractivity contribution in [3.05, 3.63) is 40.4 Å². The van der Waals surface area contributed by atoms with Crippen molar-refractivity contribution >= 4 is 11.6 Å². The highest BCUT2D eigenvalue weighted by molar-refractivity contribution is 5.76. The van der Waals surface area contributed by atoms with Crippen molar-refractivity contribution in [2.45, 2.75) is 32.4 Å². The Bertz CT molecular complexity index is 477. The van der Waals surface area contributed by atoms with Crippen LogP contribution in [0.2, 0.25) is 0 Å². The highest BCUT2D eigenvalue weighted by atomic mass is 16.6. The molecule has 19 heavy (non-hydrogen) atoms. The number of nitrogens with zero attached hydrogens (tertiary/aromatic N) is 3. The van der Waals surface area contributed by atoms with Crippen LogP contribution in [0, 0.1) is 10.1 Å². The number of carbonyl (C=O) groups excluding carboxylic acids is 1. The van der Waals surface area contributed by atoms with E-state index < -0.39 is 0 Å². The van der Waals surface area contributed by atoms with E-state index >= 15 is 0 Å². The van der Waals surface area contributed by atoms with Crippen LogP contribution in [0.15, 0.2) is 30.3 Å². The molecule has 1 amide bonds. The van der Waals surface area contributed by atoms with Gasteiger partial charge in [0.15, 0.2) is 0 Å². The third-order valence-corrected chi connectivity index (χ3v) is 3.31. The van der Waals surface area contributed by atoms with Crippen molar-refractivity contribution in [2.75, 3.05) is 11.6 Å². The van der Waals surface area contributed by atoms with Gasteiger partial charge in [0.05, 0.1) is 11.7 Å². The van der Waals surface area contributed by atoms with Crippen molar-refractivity contribution in [3.63, 3.8) is 0 Å². The Morgan fingerprint density at radius 3 is 2.58 bits per heavy atom. The van der Waals surface area contributed by atoms with Crippen LogP contribution in [-0.4, -0.2) is 34.5 Å². The molecule has 2 atom stereocenters. The van der Waals surface area contributed by atoms with Gasteiger partial charge in [0, 0.05) is 11.8 Å². The summed E-state index contributed by atoms with van der Waals surface area (Å²) in [7, 11) is 0. The highest BCUT2D eigenvalue weighted by Crippen LogP contribution is 2.30. The van der Waals surface area contributed by atoms with Gasteiger partial charge in [0.25, 0.3) is 0 Å². The molecule has 6 heteroatoms. The summed E-state index contributed by atoms with van der Waals surface area (Å²) >= 11 is 0. The second kappa shape index (κ2) is 5.26. The molecule has 1 aromatic carbocycles. The number of nitro groups is 1. The fourth-order valence-corrected chi connectivity index (χ4v) is 2.67. The zero-order valence-electron chi connectivity index (χ0n) is 11.0. The fraction of sp³-hybridized carbons (Fsp3) is 0.462. The van der Waals surface area contributed by atoms with Gasteiger partial charge in [-0.3, -0.25) is 19.9 Å². The van der Waals surface area contributed by atoms with Crippen molar-refractivity contribution in [2.24, 2.45) is 0 Å². The number of rotatable bonds is 3. The molecule has 2 rings (SSSR count). The molecule has 0 aliphatic carbocycles. The van der Waals surface area contributed by atoms with E-state index in [1.165, 1.54) is 11.9 Å². The maximum absolute atomic E-state index is 11.8. The lowest BCUT2D eigenvalue weighted by Gasteiger charge is -2.33. The van der Waals surface area contributed by atoms with Gasteiger partial charge in [-0.15, -0.1) is 0 Å². The molecular weight excluding hydrogens is 246 g/mol. The first-order chi connectivity index (χ1) is 9.00. The highest BCUT2D eigenvalue weighted by Gasteiger charge is 2.41. The molecular formula is C13H17N3O3. The molecule has 1 aromatic rings. The van der Waals surface area contributed by atoms with Crippen LogP contribution in [0.1, 0.15) is 20.3 Å². The second-order valence-electron chi connectivity index (χ2n) is 4.80. The van der Waals surface area contributed by atoms with Crippen LogP contribution in [0.4, 0.5) is 5.69 Å². The van der Waals surface area contributed by atoms with Crippen LogP contribution in [0.5, 0.6) is 0 Å². The van der Waals surface area contributed by atoms with Crippen molar-refractivity contribution < 1.29 is 9.72 Å². The Hall–Kier alpha value is -2.11. The monoisotopic (exact) mass is 263 g/mol. The summed E-state index contributed by atoms with van der Waals surface area (Å²) in [6.45, 7) is 3.21. The molecule has 102 valence electrons. The summed E-state index contributed by atoms with van der Waals surface area (Å²) in [5.74, 6) is -0.167. The van der Waals surface area contributed by atoms with Crippen molar-refractivity contribution in [1.29, 1.82) is 0 Å². The van der Waals surface area contributed by atoms with Crippen LogP contribution < -0.4 is 5.01 Å². The standard InChI is InChI=1S/C13H17N3O3/c1-10-8-13(9-14(18)19)16(11(2)17)15(10)12-6-4-3-5-7-12/h3-7,10,13H,8-9H2,1-2H3. The minimum absolute atomic E-state index is 0.0660. The number of hydrogen-bond donors (Lipinski definition) is 0. The average molecular weight is 263 g/mol. The van der Waals surface area contributed by atoms with Crippen LogP contribution in [-0.2, 0) is 4.79 Å². The molecule has 1 heterocycles. The van der Waals surface area contributed by atoms with E-state index in [2.05, 4.69) is 0 Å². The zero-order valence-corrected chi connectivity index (χ0v) is 11.0. The predicted octanol–water partition coefficient (Wildman–Crippen LogP) is 1.69. The number of carbonyl (C=O) groups is 1. The van der Waals surface area contributed by atoms with E-state index in [9.17, 15) is 14.9 Å². The van der Waals surface area contributed by atoms with E-state index in [0.29, 0.717) is 6.42 Å². The molecule has 1 aliphatic heterocycles. The molecule has 0 N–H and O–H groups in total. The predicted molar refractivity (Wildman–Crippen MR) is 71.2 cm³/mol. The Morgan fingerprint density at radius 2 is 2.05 bits per heavy atom. The topological polar surface area (TPSA) is 66.7 Å². The lowest BCUT2D eigenvalue weighted by Crippen LogP contribution is -2.48. The van der Waals surface area contributed by atoms with Gasteiger partial charge in [-0.2, -0.15) is 0 Å². The molecule has 0 radical (unpaired) electrons. The number of anilines is 1. The molecule has 0 aromatic heterocycles. The molecule has 1 fully saturated rings. The molecule has 6 nitrogen and oxygen atoms in total.